The van der Waals surface area contributed by atoms with Crippen molar-refractivity contribution in [1.29, 1.82) is 0 Å². The molecule has 0 fully saturated rings. The number of hydrogen-bond donors (Lipinski definition) is 2. The second-order valence-corrected chi connectivity index (χ2v) is 16.3. The SMILES string of the molecule is CC(Cc1ncc(CCCC(=O)O)s1)NC[C@H](O[Si](C)(C)C(C)(C)C)c1cccc(Cl)c1. The first kappa shape index (κ1) is 27.0. The summed E-state index contributed by atoms with van der Waals surface area (Å²) in [5.74, 6) is -0.748. The van der Waals surface area contributed by atoms with Crippen molar-refractivity contribution in [3.63, 3.8) is 0 Å². The third-order valence-corrected chi connectivity index (χ3v) is 11.8. The van der Waals surface area contributed by atoms with Crippen LogP contribution >= 0.6 is 22.9 Å². The van der Waals surface area contributed by atoms with Crippen LogP contribution in [0.4, 0.5) is 0 Å². The van der Waals surface area contributed by atoms with Crippen LogP contribution in [0.3, 0.4) is 0 Å². The Morgan fingerprint density at radius 2 is 2.06 bits per heavy atom. The van der Waals surface area contributed by atoms with Gasteiger partial charge in [0.15, 0.2) is 8.32 Å². The first-order valence-corrected chi connectivity index (χ1v) is 15.3. The van der Waals surface area contributed by atoms with Crippen LogP contribution in [0, 0.1) is 0 Å². The van der Waals surface area contributed by atoms with Crippen LogP contribution in [0.1, 0.15) is 62.1 Å². The molecular formula is C24H37ClN2O3SSi. The molecule has 5 nitrogen and oxygen atoms in total. The third-order valence-electron chi connectivity index (χ3n) is 6.01. The summed E-state index contributed by atoms with van der Waals surface area (Å²) in [6, 6.07) is 8.18. The maximum absolute atomic E-state index is 10.7. The average molecular weight is 497 g/mol. The highest BCUT2D eigenvalue weighted by Gasteiger charge is 2.39. The Bertz CT molecular complexity index is 882. The van der Waals surface area contributed by atoms with Gasteiger partial charge in [-0.15, -0.1) is 11.3 Å². The summed E-state index contributed by atoms with van der Waals surface area (Å²) in [4.78, 5) is 16.4. The van der Waals surface area contributed by atoms with E-state index in [2.05, 4.69) is 57.2 Å². The molecule has 2 aromatic rings. The van der Waals surface area contributed by atoms with Crippen molar-refractivity contribution in [3.05, 3.63) is 50.9 Å². The number of carboxylic acid groups (broad SMARTS) is 1. The van der Waals surface area contributed by atoms with Crippen LogP contribution in [-0.4, -0.2) is 37.0 Å². The van der Waals surface area contributed by atoms with Crippen LogP contribution in [0.15, 0.2) is 30.5 Å². The molecule has 0 aliphatic heterocycles. The fourth-order valence-corrected chi connectivity index (χ4v) is 5.66. The minimum atomic E-state index is -1.97. The summed E-state index contributed by atoms with van der Waals surface area (Å²) in [6.07, 6.45) is 4.25. The van der Waals surface area contributed by atoms with E-state index in [1.165, 1.54) is 0 Å². The lowest BCUT2D eigenvalue weighted by molar-refractivity contribution is -0.137. The van der Waals surface area contributed by atoms with Gasteiger partial charge in [0.05, 0.1) is 11.1 Å². The lowest BCUT2D eigenvalue weighted by atomic mass is 10.1. The summed E-state index contributed by atoms with van der Waals surface area (Å²) in [7, 11) is -1.97. The quantitative estimate of drug-likeness (QED) is 0.328. The van der Waals surface area contributed by atoms with E-state index in [0.717, 1.165) is 33.3 Å². The summed E-state index contributed by atoms with van der Waals surface area (Å²) in [5, 5.41) is 14.3. The molecule has 178 valence electrons. The largest absolute Gasteiger partial charge is 0.481 e. The number of aryl methyl sites for hydroxylation is 1. The van der Waals surface area contributed by atoms with Crippen molar-refractivity contribution < 1.29 is 14.3 Å². The highest BCUT2D eigenvalue weighted by atomic mass is 35.5. The van der Waals surface area contributed by atoms with E-state index >= 15 is 0 Å². The summed E-state index contributed by atoms with van der Waals surface area (Å²) in [5.41, 5.74) is 1.09. The predicted molar refractivity (Wildman–Crippen MR) is 136 cm³/mol. The number of aromatic nitrogens is 1. The van der Waals surface area contributed by atoms with Gasteiger partial charge in [-0.1, -0.05) is 44.5 Å². The average Bonchev–Trinajstić information content (AvgIpc) is 3.11. The molecule has 8 heteroatoms. The van der Waals surface area contributed by atoms with Crippen molar-refractivity contribution in [2.45, 2.75) is 83.7 Å². The van der Waals surface area contributed by atoms with Crippen molar-refractivity contribution in [1.82, 2.24) is 10.3 Å². The first-order chi connectivity index (χ1) is 14.9. The Morgan fingerprint density at radius 1 is 1.34 bits per heavy atom. The topological polar surface area (TPSA) is 71.5 Å². The molecule has 0 bridgehead atoms. The molecule has 0 saturated carbocycles. The second-order valence-electron chi connectivity index (χ2n) is 9.90. The molecule has 0 spiro atoms. The smallest absolute Gasteiger partial charge is 0.303 e. The van der Waals surface area contributed by atoms with Crippen LogP contribution < -0.4 is 5.32 Å². The molecular weight excluding hydrogens is 460 g/mol. The Morgan fingerprint density at radius 3 is 2.69 bits per heavy atom. The number of carbonyl (C=O) groups is 1. The lowest BCUT2D eigenvalue weighted by Crippen LogP contribution is -2.44. The van der Waals surface area contributed by atoms with Crippen molar-refractivity contribution >= 4 is 37.2 Å². The molecule has 0 aliphatic rings. The van der Waals surface area contributed by atoms with E-state index in [0.29, 0.717) is 13.0 Å². The van der Waals surface area contributed by atoms with E-state index in [9.17, 15) is 4.79 Å². The van der Waals surface area contributed by atoms with Gasteiger partial charge in [-0.3, -0.25) is 4.79 Å². The van der Waals surface area contributed by atoms with Crippen LogP contribution in [0.25, 0.3) is 0 Å². The standard InChI is InChI=1S/C24H37ClN2O3SSi/c1-17(13-22-27-15-20(31-22)11-8-12-23(28)29)26-16-21(18-9-7-10-19(25)14-18)30-32(5,6)24(2,3)4/h7,9-10,14-15,17,21,26H,8,11-13,16H2,1-6H3,(H,28,29)/t17?,21-/m0/s1. The van der Waals surface area contributed by atoms with Gasteiger partial charge in [0.1, 0.15) is 0 Å². The van der Waals surface area contributed by atoms with Crippen LogP contribution in [0.2, 0.25) is 23.2 Å². The van der Waals surface area contributed by atoms with Gasteiger partial charge in [0, 0.05) is 41.5 Å². The second kappa shape index (κ2) is 11.7. The number of nitrogens with one attached hydrogen (secondary N) is 1. The maximum atomic E-state index is 10.7. The molecule has 0 radical (unpaired) electrons. The highest BCUT2D eigenvalue weighted by Crippen LogP contribution is 2.39. The minimum Gasteiger partial charge on any atom is -0.481 e. The normalized spacial score (nSPS) is 14.3. The van der Waals surface area contributed by atoms with E-state index in [-0.39, 0.29) is 23.6 Å². The van der Waals surface area contributed by atoms with E-state index in [1.54, 1.807) is 11.3 Å². The van der Waals surface area contributed by atoms with Gasteiger partial charge in [-0.2, -0.15) is 0 Å². The van der Waals surface area contributed by atoms with Crippen LogP contribution in [0.5, 0.6) is 0 Å². The Balaban J connectivity index is 1.99. The van der Waals surface area contributed by atoms with Crippen LogP contribution in [-0.2, 0) is 22.1 Å². The fraction of sp³-hybridized carbons (Fsp3) is 0.583. The molecule has 0 saturated heterocycles. The molecule has 1 unspecified atom stereocenters. The van der Waals surface area contributed by atoms with E-state index < -0.39 is 14.3 Å². The van der Waals surface area contributed by atoms with Crippen molar-refractivity contribution in [2.24, 2.45) is 0 Å². The molecule has 2 N–H and O–H groups in total. The Labute approximate surface area is 202 Å². The molecule has 1 heterocycles. The van der Waals surface area contributed by atoms with Crippen molar-refractivity contribution in [2.75, 3.05) is 6.54 Å². The van der Waals surface area contributed by atoms with E-state index in [1.807, 2.05) is 24.4 Å². The molecule has 2 atom stereocenters. The zero-order valence-electron chi connectivity index (χ0n) is 20.1. The monoisotopic (exact) mass is 496 g/mol. The number of aliphatic carboxylic acids is 1. The van der Waals surface area contributed by atoms with Gasteiger partial charge in [0.25, 0.3) is 0 Å². The Hall–Kier alpha value is -1.25. The maximum Gasteiger partial charge on any atom is 0.303 e. The van der Waals surface area contributed by atoms with Gasteiger partial charge in [-0.05, 0) is 55.6 Å². The summed E-state index contributed by atoms with van der Waals surface area (Å²) in [6.45, 7) is 14.2. The van der Waals surface area contributed by atoms with Gasteiger partial charge in [-0.25, -0.2) is 4.98 Å². The molecule has 2 rings (SSSR count). The zero-order valence-corrected chi connectivity index (χ0v) is 22.6. The van der Waals surface area contributed by atoms with Crippen molar-refractivity contribution in [3.8, 4) is 0 Å². The number of nitrogens with zero attached hydrogens (tertiary/aromatic N) is 1. The number of carboxylic acids is 1. The lowest BCUT2D eigenvalue weighted by Gasteiger charge is -2.39. The number of thiazole rings is 1. The number of halogens is 1. The summed E-state index contributed by atoms with van der Waals surface area (Å²) < 4.78 is 6.77. The molecule has 0 amide bonds. The number of rotatable bonds is 12. The molecule has 0 aliphatic carbocycles. The van der Waals surface area contributed by atoms with Gasteiger partial charge >= 0.3 is 5.97 Å². The van der Waals surface area contributed by atoms with Gasteiger partial charge < -0.3 is 14.8 Å². The summed E-state index contributed by atoms with van der Waals surface area (Å²) >= 11 is 7.94. The molecule has 1 aromatic carbocycles. The minimum absolute atomic E-state index is 0.0695. The van der Waals surface area contributed by atoms with Gasteiger partial charge in [0.2, 0.25) is 0 Å². The van der Waals surface area contributed by atoms with E-state index in [4.69, 9.17) is 21.1 Å². The first-order valence-electron chi connectivity index (χ1n) is 11.2. The third kappa shape index (κ3) is 8.59. The highest BCUT2D eigenvalue weighted by molar-refractivity contribution is 7.11. The number of benzene rings is 1. The predicted octanol–water partition coefficient (Wildman–Crippen LogP) is 6.49. The number of hydrogen-bond acceptors (Lipinski definition) is 5. The zero-order chi connectivity index (χ0) is 23.9. The fourth-order valence-electron chi connectivity index (χ4n) is 3.08. The Kier molecular flexibility index (Phi) is 9.91. The molecule has 32 heavy (non-hydrogen) atoms. The molecule has 1 aromatic heterocycles.